The van der Waals surface area contributed by atoms with Crippen LogP contribution in [0.2, 0.25) is 0 Å². The normalized spacial score (nSPS) is 15.5. The number of hydrogen-bond donors (Lipinski definition) is 2. The molecule has 104 valence electrons. The summed E-state index contributed by atoms with van der Waals surface area (Å²) in [5.74, 6) is 0. The quantitative estimate of drug-likeness (QED) is 0.558. The van der Waals surface area contributed by atoms with Gasteiger partial charge in [-0.05, 0) is 67.0 Å². The van der Waals surface area contributed by atoms with Gasteiger partial charge in [-0.3, -0.25) is 0 Å². The van der Waals surface area contributed by atoms with Crippen molar-refractivity contribution in [3.8, 4) is 0 Å². The first-order valence-corrected chi connectivity index (χ1v) is 6.60. The second-order valence-corrected chi connectivity index (χ2v) is 5.73. The minimum atomic E-state index is -0.399. The lowest BCUT2D eigenvalue weighted by molar-refractivity contribution is 0.195. The van der Waals surface area contributed by atoms with E-state index in [1.807, 2.05) is 6.92 Å². The average Bonchev–Trinajstić information content (AvgIpc) is 2.24. The number of nitrogens with zero attached hydrogens (tertiary/aromatic N) is 2. The molecule has 0 aromatic carbocycles. The molecule has 0 aromatic heterocycles. The van der Waals surface area contributed by atoms with E-state index in [9.17, 15) is 0 Å². The van der Waals surface area contributed by atoms with E-state index in [1.165, 1.54) is 6.42 Å². The summed E-state index contributed by atoms with van der Waals surface area (Å²) < 4.78 is 0. The zero-order valence-corrected chi connectivity index (χ0v) is 12.1. The zero-order chi connectivity index (χ0) is 13.3. The Morgan fingerprint density at radius 2 is 1.59 bits per heavy atom. The second-order valence-electron chi connectivity index (χ2n) is 5.73. The summed E-state index contributed by atoms with van der Waals surface area (Å²) in [6.07, 6.45) is 4.36. The first-order valence-electron chi connectivity index (χ1n) is 6.60. The maximum atomic E-state index is 9.03. The average molecular weight is 245 g/mol. The topological polar surface area (TPSA) is 52.7 Å². The van der Waals surface area contributed by atoms with Crippen LogP contribution >= 0.6 is 0 Å². The fourth-order valence-corrected chi connectivity index (χ4v) is 1.76. The summed E-state index contributed by atoms with van der Waals surface area (Å²) in [5, 5.41) is 9.03. The Morgan fingerprint density at radius 1 is 1.00 bits per heavy atom. The van der Waals surface area contributed by atoms with E-state index in [1.54, 1.807) is 0 Å². The van der Waals surface area contributed by atoms with Gasteiger partial charge in [-0.1, -0.05) is 6.42 Å². The van der Waals surface area contributed by atoms with Gasteiger partial charge >= 0.3 is 0 Å². The van der Waals surface area contributed by atoms with Crippen LogP contribution in [0.5, 0.6) is 0 Å². The lowest BCUT2D eigenvalue weighted by Crippen LogP contribution is -2.40. The highest BCUT2D eigenvalue weighted by Gasteiger charge is 2.15. The second kappa shape index (κ2) is 8.86. The summed E-state index contributed by atoms with van der Waals surface area (Å²) in [7, 11) is 6.39. The summed E-state index contributed by atoms with van der Waals surface area (Å²) in [6, 6.07) is 0. The van der Waals surface area contributed by atoms with Crippen LogP contribution in [0.25, 0.3) is 0 Å². The molecular weight excluding hydrogens is 214 g/mol. The Bertz CT molecular complexity index is 184. The van der Waals surface area contributed by atoms with Crippen molar-refractivity contribution in [2.45, 2.75) is 38.1 Å². The van der Waals surface area contributed by atoms with Crippen molar-refractivity contribution in [2.24, 2.45) is 5.73 Å². The summed E-state index contributed by atoms with van der Waals surface area (Å²) in [4.78, 5) is 4.59. The Hall–Kier alpha value is -0.160. The molecule has 1 unspecified atom stereocenters. The van der Waals surface area contributed by atoms with Gasteiger partial charge in [-0.2, -0.15) is 0 Å². The van der Waals surface area contributed by atoms with Crippen molar-refractivity contribution < 1.29 is 5.11 Å². The summed E-state index contributed by atoms with van der Waals surface area (Å²) in [5.41, 5.74) is 5.48. The van der Waals surface area contributed by atoms with E-state index in [0.29, 0.717) is 0 Å². The minimum absolute atomic E-state index is 0.0751. The third kappa shape index (κ3) is 10.7. The molecule has 0 bridgehead atoms. The van der Waals surface area contributed by atoms with Crippen molar-refractivity contribution >= 4 is 0 Å². The third-order valence-electron chi connectivity index (χ3n) is 3.04. The highest BCUT2D eigenvalue weighted by molar-refractivity contribution is 4.76. The molecule has 0 heterocycles. The SMILES string of the molecule is CN(C)CCCN(C)CCCCC(C)(N)CO. The highest BCUT2D eigenvalue weighted by atomic mass is 16.3. The molecule has 3 N–H and O–H groups in total. The Morgan fingerprint density at radius 3 is 2.12 bits per heavy atom. The molecule has 0 fully saturated rings. The number of aliphatic hydroxyl groups excluding tert-OH is 1. The molecule has 4 nitrogen and oxygen atoms in total. The van der Waals surface area contributed by atoms with Crippen molar-refractivity contribution in [3.05, 3.63) is 0 Å². The van der Waals surface area contributed by atoms with Crippen molar-refractivity contribution in [3.63, 3.8) is 0 Å². The predicted octanol–water partition coefficient (Wildman–Crippen LogP) is 0.750. The molecule has 17 heavy (non-hydrogen) atoms. The zero-order valence-electron chi connectivity index (χ0n) is 12.1. The Labute approximate surface area is 107 Å². The molecule has 0 aliphatic heterocycles. The number of aliphatic hydroxyl groups is 1. The first-order chi connectivity index (χ1) is 7.87. The molecule has 0 rings (SSSR count). The van der Waals surface area contributed by atoms with Gasteiger partial charge in [0.25, 0.3) is 0 Å². The van der Waals surface area contributed by atoms with Gasteiger partial charge in [0.05, 0.1) is 6.61 Å². The van der Waals surface area contributed by atoms with E-state index in [2.05, 4.69) is 30.9 Å². The van der Waals surface area contributed by atoms with Crippen LogP contribution in [0, 0.1) is 0 Å². The third-order valence-corrected chi connectivity index (χ3v) is 3.04. The van der Waals surface area contributed by atoms with E-state index in [4.69, 9.17) is 10.8 Å². The maximum absolute atomic E-state index is 9.03. The van der Waals surface area contributed by atoms with E-state index < -0.39 is 5.54 Å². The predicted molar refractivity (Wildman–Crippen MR) is 74.2 cm³/mol. The molecule has 0 amide bonds. The van der Waals surface area contributed by atoms with Gasteiger partial charge in [-0.15, -0.1) is 0 Å². The molecule has 0 radical (unpaired) electrons. The fourth-order valence-electron chi connectivity index (χ4n) is 1.76. The number of hydrogen-bond acceptors (Lipinski definition) is 4. The monoisotopic (exact) mass is 245 g/mol. The first kappa shape index (κ1) is 16.8. The molecular formula is C13H31N3O. The van der Waals surface area contributed by atoms with Gasteiger partial charge in [0.15, 0.2) is 0 Å². The van der Waals surface area contributed by atoms with Crippen molar-refractivity contribution in [1.82, 2.24) is 9.80 Å². The molecule has 0 aliphatic carbocycles. The van der Waals surface area contributed by atoms with E-state index in [0.717, 1.165) is 38.9 Å². The van der Waals surface area contributed by atoms with Gasteiger partial charge in [-0.25, -0.2) is 0 Å². The molecule has 1 atom stereocenters. The van der Waals surface area contributed by atoms with Crippen LogP contribution < -0.4 is 5.73 Å². The summed E-state index contributed by atoms with van der Waals surface area (Å²) in [6.45, 7) is 5.40. The molecule has 0 aromatic rings. The molecule has 0 saturated carbocycles. The molecule has 0 aliphatic rings. The van der Waals surface area contributed by atoms with Crippen LogP contribution in [0.15, 0.2) is 0 Å². The van der Waals surface area contributed by atoms with Crippen LogP contribution in [-0.4, -0.2) is 67.8 Å². The summed E-state index contributed by atoms with van der Waals surface area (Å²) >= 11 is 0. The van der Waals surface area contributed by atoms with Crippen molar-refractivity contribution in [1.29, 1.82) is 0 Å². The number of nitrogens with two attached hydrogens (primary N) is 1. The standard InChI is InChI=1S/C13H31N3O/c1-13(14,12-17)8-5-6-10-16(4)11-7-9-15(2)3/h17H,5-12,14H2,1-4H3. The largest absolute Gasteiger partial charge is 0.394 e. The molecule has 4 heteroatoms. The van der Waals surface area contributed by atoms with Gasteiger partial charge in [0, 0.05) is 5.54 Å². The van der Waals surface area contributed by atoms with Crippen molar-refractivity contribution in [2.75, 3.05) is 47.4 Å². The lowest BCUT2D eigenvalue weighted by Gasteiger charge is -2.22. The van der Waals surface area contributed by atoms with Gasteiger partial charge in [0.2, 0.25) is 0 Å². The fraction of sp³-hybridized carbons (Fsp3) is 1.00. The molecule has 0 saturated heterocycles. The van der Waals surface area contributed by atoms with Gasteiger partial charge < -0.3 is 20.6 Å². The van der Waals surface area contributed by atoms with E-state index in [-0.39, 0.29) is 6.61 Å². The maximum Gasteiger partial charge on any atom is 0.0608 e. The minimum Gasteiger partial charge on any atom is -0.394 e. The van der Waals surface area contributed by atoms with Crippen LogP contribution in [0.1, 0.15) is 32.6 Å². The Kier molecular flexibility index (Phi) is 8.78. The van der Waals surface area contributed by atoms with Crippen LogP contribution in [-0.2, 0) is 0 Å². The number of rotatable bonds is 10. The lowest BCUT2D eigenvalue weighted by atomic mass is 9.97. The van der Waals surface area contributed by atoms with Gasteiger partial charge in [0.1, 0.15) is 0 Å². The molecule has 0 spiro atoms. The smallest absolute Gasteiger partial charge is 0.0608 e. The number of unbranched alkanes of at least 4 members (excludes halogenated alkanes) is 1. The van der Waals surface area contributed by atoms with Crippen LogP contribution in [0.4, 0.5) is 0 Å². The van der Waals surface area contributed by atoms with Crippen LogP contribution in [0.3, 0.4) is 0 Å². The highest BCUT2D eigenvalue weighted by Crippen LogP contribution is 2.09. The van der Waals surface area contributed by atoms with E-state index >= 15 is 0 Å². The Balaban J connectivity index is 3.42.